The van der Waals surface area contributed by atoms with Crippen LogP contribution in [0.25, 0.3) is 0 Å². The molecule has 1 aromatic rings. The maximum absolute atomic E-state index is 13.5. The molecular weight excluding hydrogens is 410 g/mol. The zero-order valence-corrected chi connectivity index (χ0v) is 19.1. The number of nitriles is 1. The molecular formula is C24H33N3O3S. The summed E-state index contributed by atoms with van der Waals surface area (Å²) in [4.78, 5) is 0. The van der Waals surface area contributed by atoms with Crippen LogP contribution in [-0.2, 0) is 15.7 Å². The van der Waals surface area contributed by atoms with Crippen LogP contribution in [0.15, 0.2) is 12.4 Å². The van der Waals surface area contributed by atoms with Crippen molar-refractivity contribution in [2.24, 2.45) is 40.9 Å². The number of nitrogens with zero attached hydrogens (tertiary/aromatic N) is 3. The predicted octanol–water partition coefficient (Wildman–Crippen LogP) is 3.51. The lowest BCUT2D eigenvalue weighted by molar-refractivity contribution is -0.0697. The molecule has 6 rings (SSSR count). The fourth-order valence-electron chi connectivity index (χ4n) is 8.99. The number of aliphatic hydroxyl groups is 1. The highest BCUT2D eigenvalue weighted by Gasteiger charge is 2.65. The molecule has 0 aromatic carbocycles. The second-order valence-electron chi connectivity index (χ2n) is 11.6. The lowest BCUT2D eigenvalue weighted by atomic mass is 9.50. The van der Waals surface area contributed by atoms with Crippen molar-refractivity contribution in [3.05, 3.63) is 18.0 Å². The highest BCUT2D eigenvalue weighted by atomic mass is 32.2. The van der Waals surface area contributed by atoms with Gasteiger partial charge in [0.1, 0.15) is 11.9 Å². The van der Waals surface area contributed by atoms with Gasteiger partial charge in [0.15, 0.2) is 9.84 Å². The van der Waals surface area contributed by atoms with Gasteiger partial charge in [0.05, 0.1) is 22.6 Å². The first-order valence-electron chi connectivity index (χ1n) is 12.1. The number of aromatic nitrogens is 2. The minimum absolute atomic E-state index is 0.124. The van der Waals surface area contributed by atoms with E-state index >= 15 is 0 Å². The summed E-state index contributed by atoms with van der Waals surface area (Å²) < 4.78 is 28.3. The predicted molar refractivity (Wildman–Crippen MR) is 115 cm³/mol. The molecule has 5 fully saturated rings. The molecule has 5 aliphatic carbocycles. The summed E-state index contributed by atoms with van der Waals surface area (Å²) in [6.45, 7) is 2.25. The highest BCUT2D eigenvalue weighted by Crippen LogP contribution is 2.68. The van der Waals surface area contributed by atoms with E-state index in [2.05, 4.69) is 12.0 Å². The maximum Gasteiger partial charge on any atom is 0.173 e. The van der Waals surface area contributed by atoms with Gasteiger partial charge in [0, 0.05) is 6.20 Å². The van der Waals surface area contributed by atoms with Crippen LogP contribution in [0.2, 0.25) is 0 Å². The van der Waals surface area contributed by atoms with E-state index in [-0.39, 0.29) is 22.1 Å². The quantitative estimate of drug-likeness (QED) is 0.771. The Balaban J connectivity index is 1.22. The van der Waals surface area contributed by atoms with Crippen molar-refractivity contribution in [2.75, 3.05) is 0 Å². The standard InChI is InChI=1S/C24H33N3O3S/c1-23-8-6-16-17-7-9-24(28)10-21(24)19(17)3-2-18(16)20(23)4-5-22(23)31(29,30)14-27-13-15(11-25)12-26-27/h12-13,16-22,28H,2-10,14H2,1H3/t16-,17-,18-,19+,20+,21?,22+,23+,24+/m1/s1. The van der Waals surface area contributed by atoms with Crippen LogP contribution in [0, 0.1) is 52.3 Å². The molecule has 0 bridgehead atoms. The number of hydrogen-bond donors (Lipinski definition) is 1. The maximum atomic E-state index is 13.5. The fourth-order valence-corrected chi connectivity index (χ4v) is 11.3. The smallest absolute Gasteiger partial charge is 0.173 e. The van der Waals surface area contributed by atoms with Crippen molar-refractivity contribution >= 4 is 9.84 Å². The molecule has 1 heterocycles. The van der Waals surface area contributed by atoms with Gasteiger partial charge in [0.2, 0.25) is 0 Å². The molecule has 6 nitrogen and oxygen atoms in total. The second kappa shape index (κ2) is 6.57. The molecule has 1 N–H and O–H groups in total. The van der Waals surface area contributed by atoms with Gasteiger partial charge in [-0.25, -0.2) is 8.42 Å². The van der Waals surface area contributed by atoms with Crippen LogP contribution in [0.3, 0.4) is 0 Å². The molecule has 0 amide bonds. The van der Waals surface area contributed by atoms with Crippen LogP contribution < -0.4 is 0 Å². The van der Waals surface area contributed by atoms with E-state index in [1.165, 1.54) is 36.3 Å². The van der Waals surface area contributed by atoms with Crippen molar-refractivity contribution in [1.29, 1.82) is 5.26 Å². The van der Waals surface area contributed by atoms with Crippen LogP contribution in [0.1, 0.15) is 70.3 Å². The summed E-state index contributed by atoms with van der Waals surface area (Å²) in [5.74, 6) is 3.76. The molecule has 5 aliphatic rings. The molecule has 1 aromatic heterocycles. The first-order valence-corrected chi connectivity index (χ1v) is 13.8. The molecule has 168 valence electrons. The van der Waals surface area contributed by atoms with E-state index in [0.29, 0.717) is 29.2 Å². The Morgan fingerprint density at radius 1 is 1.10 bits per heavy atom. The Morgan fingerprint density at radius 2 is 1.81 bits per heavy atom. The minimum Gasteiger partial charge on any atom is -0.390 e. The minimum atomic E-state index is -3.35. The SMILES string of the molecule is C[C@]12CC[C@@H]3[C@H]4CC[C@]5(O)CC5[C@H]4CC[C@H]3[C@@H]1CC[C@@H]2S(=O)(=O)Cn1cc(C#N)cn1. The lowest BCUT2D eigenvalue weighted by Crippen LogP contribution is -2.51. The van der Waals surface area contributed by atoms with Gasteiger partial charge >= 0.3 is 0 Å². The Morgan fingerprint density at radius 3 is 2.52 bits per heavy atom. The first kappa shape index (κ1) is 20.2. The topological polar surface area (TPSA) is 96.0 Å². The zero-order valence-electron chi connectivity index (χ0n) is 18.3. The van der Waals surface area contributed by atoms with Crippen molar-refractivity contribution in [3.8, 4) is 6.07 Å². The molecule has 0 aliphatic heterocycles. The highest BCUT2D eigenvalue weighted by molar-refractivity contribution is 7.91. The van der Waals surface area contributed by atoms with Gasteiger partial charge in [-0.3, -0.25) is 4.68 Å². The largest absolute Gasteiger partial charge is 0.390 e. The van der Waals surface area contributed by atoms with E-state index in [1.54, 1.807) is 0 Å². The molecule has 9 atom stereocenters. The third-order valence-corrected chi connectivity index (χ3v) is 12.6. The van der Waals surface area contributed by atoms with E-state index < -0.39 is 9.84 Å². The van der Waals surface area contributed by atoms with E-state index in [1.807, 2.05) is 6.07 Å². The summed E-state index contributed by atoms with van der Waals surface area (Å²) in [6, 6.07) is 2.02. The van der Waals surface area contributed by atoms with Crippen LogP contribution in [0.4, 0.5) is 0 Å². The number of rotatable bonds is 3. The van der Waals surface area contributed by atoms with Gasteiger partial charge in [-0.05, 0) is 98.7 Å². The lowest BCUT2D eigenvalue weighted by Gasteiger charge is -2.55. The Hall–Kier alpha value is -1.39. The van der Waals surface area contributed by atoms with E-state index in [0.717, 1.165) is 50.4 Å². The summed E-state index contributed by atoms with van der Waals surface area (Å²) in [5, 5.41) is 23.4. The summed E-state index contributed by atoms with van der Waals surface area (Å²) in [7, 11) is -3.35. The Labute approximate surface area is 184 Å². The third kappa shape index (κ3) is 2.90. The van der Waals surface area contributed by atoms with Crippen LogP contribution in [0.5, 0.6) is 0 Å². The van der Waals surface area contributed by atoms with Crippen LogP contribution in [-0.4, -0.2) is 34.2 Å². The summed E-state index contributed by atoms with van der Waals surface area (Å²) in [6.07, 6.45) is 12.5. The van der Waals surface area contributed by atoms with Crippen molar-refractivity contribution < 1.29 is 13.5 Å². The molecule has 31 heavy (non-hydrogen) atoms. The third-order valence-electron chi connectivity index (χ3n) is 10.4. The Kier molecular flexibility index (Phi) is 4.29. The van der Waals surface area contributed by atoms with Crippen molar-refractivity contribution in [1.82, 2.24) is 9.78 Å². The van der Waals surface area contributed by atoms with E-state index in [4.69, 9.17) is 5.26 Å². The molecule has 0 saturated heterocycles. The monoisotopic (exact) mass is 443 g/mol. The van der Waals surface area contributed by atoms with Crippen molar-refractivity contribution in [2.45, 2.75) is 81.4 Å². The fraction of sp³-hybridized carbons (Fsp3) is 0.833. The van der Waals surface area contributed by atoms with Gasteiger partial charge in [-0.2, -0.15) is 10.4 Å². The van der Waals surface area contributed by atoms with E-state index in [9.17, 15) is 13.5 Å². The molecule has 1 unspecified atom stereocenters. The van der Waals surface area contributed by atoms with Crippen molar-refractivity contribution in [3.63, 3.8) is 0 Å². The normalized spacial score (nSPS) is 48.1. The molecule has 0 radical (unpaired) electrons. The number of sulfone groups is 1. The van der Waals surface area contributed by atoms with Gasteiger partial charge in [-0.15, -0.1) is 0 Å². The zero-order chi connectivity index (χ0) is 21.6. The summed E-state index contributed by atoms with van der Waals surface area (Å²) in [5.41, 5.74) is -0.0766. The van der Waals surface area contributed by atoms with Gasteiger partial charge in [-0.1, -0.05) is 6.92 Å². The van der Waals surface area contributed by atoms with Gasteiger partial charge in [0.25, 0.3) is 0 Å². The Bertz CT molecular complexity index is 1040. The molecule has 7 heteroatoms. The number of fused-ring (bicyclic) bond motifs is 7. The summed E-state index contributed by atoms with van der Waals surface area (Å²) >= 11 is 0. The second-order valence-corrected chi connectivity index (χ2v) is 13.7. The number of hydrogen-bond acceptors (Lipinski definition) is 5. The average molecular weight is 444 g/mol. The molecule has 0 spiro atoms. The van der Waals surface area contributed by atoms with Gasteiger partial charge < -0.3 is 5.11 Å². The molecule has 5 saturated carbocycles. The average Bonchev–Trinajstić information content (AvgIpc) is 3.06. The van der Waals surface area contributed by atoms with Crippen LogP contribution >= 0.6 is 0 Å². The first-order chi connectivity index (χ1) is 14.7.